The molecule has 76 valence electrons. The van der Waals surface area contributed by atoms with Crippen LogP contribution in [0, 0.1) is 5.41 Å². The summed E-state index contributed by atoms with van der Waals surface area (Å²) in [6, 6.07) is 0.496. The minimum atomic E-state index is -0.128. The zero-order chi connectivity index (χ0) is 9.90. The van der Waals surface area contributed by atoms with Gasteiger partial charge in [0.2, 0.25) is 5.91 Å². The summed E-state index contributed by atoms with van der Waals surface area (Å²) in [5.74, 6) is 0.263. The van der Waals surface area contributed by atoms with Crippen molar-refractivity contribution in [3.63, 3.8) is 0 Å². The molecule has 0 aromatic heterocycles. The molecule has 0 saturated heterocycles. The minimum Gasteiger partial charge on any atom is -0.353 e. The van der Waals surface area contributed by atoms with E-state index in [-0.39, 0.29) is 11.3 Å². The number of carbonyl (C=O) groups is 1. The van der Waals surface area contributed by atoms with Crippen LogP contribution in [0.25, 0.3) is 0 Å². The Balaban J connectivity index is 2.46. The molecule has 13 heavy (non-hydrogen) atoms. The summed E-state index contributed by atoms with van der Waals surface area (Å²) >= 11 is 0. The summed E-state index contributed by atoms with van der Waals surface area (Å²) in [4.78, 5) is 11.8. The van der Waals surface area contributed by atoms with E-state index in [1.807, 2.05) is 0 Å². The molecule has 0 aromatic rings. The van der Waals surface area contributed by atoms with Gasteiger partial charge in [-0.05, 0) is 25.7 Å². The Bertz CT molecular complexity index is 187. The number of hydrogen-bond donors (Lipinski definition) is 1. The smallest absolute Gasteiger partial charge is 0.226 e. The van der Waals surface area contributed by atoms with Crippen molar-refractivity contribution >= 4 is 5.91 Å². The molecule has 1 rings (SSSR count). The van der Waals surface area contributed by atoms with Gasteiger partial charge >= 0.3 is 0 Å². The molecule has 0 bridgehead atoms. The molecule has 1 unspecified atom stereocenters. The van der Waals surface area contributed by atoms with Crippen LogP contribution in [0.15, 0.2) is 0 Å². The third-order valence-electron chi connectivity index (χ3n) is 3.04. The van der Waals surface area contributed by atoms with Crippen LogP contribution in [0.2, 0.25) is 0 Å². The number of nitrogens with one attached hydrogen (secondary N) is 1. The lowest BCUT2D eigenvalue weighted by Gasteiger charge is -2.26. The lowest BCUT2D eigenvalue weighted by Crippen LogP contribution is -2.39. The van der Waals surface area contributed by atoms with Crippen LogP contribution in [-0.4, -0.2) is 11.9 Å². The third kappa shape index (κ3) is 2.71. The summed E-state index contributed by atoms with van der Waals surface area (Å²) < 4.78 is 0. The average Bonchev–Trinajstić information content (AvgIpc) is 2.88. The highest BCUT2D eigenvalue weighted by Gasteiger charge is 2.34. The lowest BCUT2D eigenvalue weighted by molar-refractivity contribution is -0.131. The summed E-state index contributed by atoms with van der Waals surface area (Å²) in [5, 5.41) is 3.09. The van der Waals surface area contributed by atoms with Gasteiger partial charge in [-0.3, -0.25) is 4.79 Å². The van der Waals surface area contributed by atoms with Crippen LogP contribution in [0.3, 0.4) is 0 Å². The second-order valence-electron chi connectivity index (χ2n) is 4.41. The Kier molecular flexibility index (Phi) is 3.34. The van der Waals surface area contributed by atoms with Gasteiger partial charge in [-0.15, -0.1) is 0 Å². The van der Waals surface area contributed by atoms with Crippen LogP contribution in [0.5, 0.6) is 0 Å². The first-order valence-corrected chi connectivity index (χ1v) is 5.43. The maximum absolute atomic E-state index is 11.8. The predicted molar refractivity (Wildman–Crippen MR) is 54.5 cm³/mol. The largest absolute Gasteiger partial charge is 0.353 e. The van der Waals surface area contributed by atoms with Gasteiger partial charge in [0, 0.05) is 11.5 Å². The van der Waals surface area contributed by atoms with Gasteiger partial charge < -0.3 is 5.32 Å². The van der Waals surface area contributed by atoms with Gasteiger partial charge in [-0.2, -0.15) is 0 Å². The van der Waals surface area contributed by atoms with Gasteiger partial charge in [-0.25, -0.2) is 0 Å². The average molecular weight is 183 g/mol. The first-order valence-electron chi connectivity index (χ1n) is 5.43. The molecule has 0 spiro atoms. The monoisotopic (exact) mass is 183 g/mol. The molecule has 1 aliphatic carbocycles. The van der Waals surface area contributed by atoms with Crippen LogP contribution in [0.1, 0.15) is 52.9 Å². The van der Waals surface area contributed by atoms with E-state index in [9.17, 15) is 4.79 Å². The molecule has 1 saturated carbocycles. The predicted octanol–water partition coefficient (Wildman–Crippen LogP) is 2.48. The highest BCUT2D eigenvalue weighted by molar-refractivity contribution is 5.82. The molecule has 0 aliphatic heterocycles. The van der Waals surface area contributed by atoms with Crippen molar-refractivity contribution in [2.24, 2.45) is 5.41 Å². The van der Waals surface area contributed by atoms with E-state index < -0.39 is 0 Å². The van der Waals surface area contributed by atoms with Crippen LogP contribution in [-0.2, 0) is 4.79 Å². The van der Waals surface area contributed by atoms with Gasteiger partial charge in [-0.1, -0.05) is 27.2 Å². The van der Waals surface area contributed by atoms with Gasteiger partial charge in [0.1, 0.15) is 0 Å². The Hall–Kier alpha value is -0.530. The molecule has 2 nitrogen and oxygen atoms in total. The topological polar surface area (TPSA) is 29.1 Å². The minimum absolute atomic E-state index is 0.128. The second kappa shape index (κ2) is 4.12. The first-order chi connectivity index (χ1) is 6.12. The summed E-state index contributed by atoms with van der Waals surface area (Å²) in [5.41, 5.74) is -0.128. The molecule has 0 aromatic carbocycles. The quantitative estimate of drug-likeness (QED) is 0.697. The summed E-state index contributed by atoms with van der Waals surface area (Å²) in [6.07, 6.45) is 5.39. The van der Waals surface area contributed by atoms with Crippen molar-refractivity contribution in [2.75, 3.05) is 0 Å². The van der Waals surface area contributed by atoms with E-state index in [4.69, 9.17) is 0 Å². The fourth-order valence-electron chi connectivity index (χ4n) is 1.59. The van der Waals surface area contributed by atoms with E-state index in [0.717, 1.165) is 19.3 Å². The molecular weight excluding hydrogens is 162 g/mol. The zero-order valence-electron chi connectivity index (χ0n) is 9.02. The van der Waals surface area contributed by atoms with Crippen LogP contribution in [0.4, 0.5) is 0 Å². The zero-order valence-corrected chi connectivity index (χ0v) is 9.02. The van der Waals surface area contributed by atoms with Crippen molar-refractivity contribution in [3.05, 3.63) is 0 Å². The van der Waals surface area contributed by atoms with Crippen LogP contribution >= 0.6 is 0 Å². The summed E-state index contributed by atoms with van der Waals surface area (Å²) in [6.45, 7) is 6.31. The lowest BCUT2D eigenvalue weighted by atomic mass is 9.82. The highest BCUT2D eigenvalue weighted by atomic mass is 16.2. The summed E-state index contributed by atoms with van der Waals surface area (Å²) in [7, 11) is 0. The second-order valence-corrected chi connectivity index (χ2v) is 4.41. The van der Waals surface area contributed by atoms with E-state index >= 15 is 0 Å². The van der Waals surface area contributed by atoms with E-state index in [1.165, 1.54) is 12.8 Å². The van der Waals surface area contributed by atoms with Gasteiger partial charge in [0.05, 0.1) is 0 Å². The molecule has 2 heteroatoms. The molecule has 0 radical (unpaired) electrons. The van der Waals surface area contributed by atoms with E-state index in [0.29, 0.717) is 6.04 Å². The fourth-order valence-corrected chi connectivity index (χ4v) is 1.59. The number of carbonyl (C=O) groups excluding carboxylic acids is 1. The van der Waals surface area contributed by atoms with Crippen molar-refractivity contribution in [2.45, 2.75) is 58.9 Å². The Morgan fingerprint density at radius 1 is 1.46 bits per heavy atom. The molecule has 1 aliphatic rings. The molecule has 1 atom stereocenters. The molecule has 1 amide bonds. The fraction of sp³-hybridized carbons (Fsp3) is 0.909. The Labute approximate surface area is 81.1 Å². The molecular formula is C11H21NO. The number of hydrogen-bond acceptors (Lipinski definition) is 1. The maximum Gasteiger partial charge on any atom is 0.226 e. The normalized spacial score (nSPS) is 20.8. The number of rotatable bonds is 5. The van der Waals surface area contributed by atoms with Crippen molar-refractivity contribution in [1.29, 1.82) is 0 Å². The van der Waals surface area contributed by atoms with Crippen molar-refractivity contribution in [1.82, 2.24) is 5.32 Å². The van der Waals surface area contributed by atoms with Crippen LogP contribution < -0.4 is 5.32 Å². The number of amides is 1. The molecule has 1 fully saturated rings. The van der Waals surface area contributed by atoms with E-state index in [1.54, 1.807) is 0 Å². The molecule has 0 heterocycles. The van der Waals surface area contributed by atoms with Gasteiger partial charge in [0.15, 0.2) is 0 Å². The standard InChI is InChI=1S/C11H21NO/c1-4-8-11(3,5-2)10(13)12-9-6-7-9/h9H,4-8H2,1-3H3,(H,12,13). The third-order valence-corrected chi connectivity index (χ3v) is 3.04. The SMILES string of the molecule is CCCC(C)(CC)C(=O)NC1CC1. The molecule has 1 N–H and O–H groups in total. The highest BCUT2D eigenvalue weighted by Crippen LogP contribution is 2.29. The van der Waals surface area contributed by atoms with Gasteiger partial charge in [0.25, 0.3) is 0 Å². The maximum atomic E-state index is 11.8. The van der Waals surface area contributed by atoms with Crippen molar-refractivity contribution < 1.29 is 4.79 Å². The van der Waals surface area contributed by atoms with E-state index in [2.05, 4.69) is 26.1 Å². The first kappa shape index (κ1) is 10.6. The Morgan fingerprint density at radius 3 is 2.46 bits per heavy atom. The Morgan fingerprint density at radius 2 is 2.08 bits per heavy atom. The van der Waals surface area contributed by atoms with Crippen molar-refractivity contribution in [3.8, 4) is 0 Å².